The molecule has 7 heteroatoms. The fraction of sp³-hybridized carbons (Fsp3) is 0.0800. The summed E-state index contributed by atoms with van der Waals surface area (Å²) in [6, 6.07) is 21.2. The first kappa shape index (κ1) is 21.3. The van der Waals surface area contributed by atoms with Crippen LogP contribution >= 0.6 is 11.6 Å². The molecule has 1 aliphatic rings. The first-order valence-corrected chi connectivity index (χ1v) is 10.3. The van der Waals surface area contributed by atoms with Crippen LogP contribution in [-0.2, 0) is 9.59 Å². The monoisotopic (exact) mass is 445 g/mol. The van der Waals surface area contributed by atoms with Gasteiger partial charge in [0, 0.05) is 16.9 Å². The molecule has 0 saturated carbocycles. The molecule has 6 nitrogen and oxygen atoms in total. The number of hydrogen-bond donors (Lipinski definition) is 2. The Kier molecular flexibility index (Phi) is 5.79. The second-order valence-electron chi connectivity index (χ2n) is 7.45. The molecule has 0 fully saturated rings. The van der Waals surface area contributed by atoms with E-state index in [2.05, 4.69) is 10.6 Å². The molecule has 2 N–H and O–H groups in total. The summed E-state index contributed by atoms with van der Waals surface area (Å²) in [5, 5.41) is 5.56. The lowest BCUT2D eigenvalue weighted by molar-refractivity contribution is -0.120. The number of carbonyl (C=O) groups excluding carboxylic acids is 3. The normalized spacial score (nSPS) is 13.5. The molecule has 0 aromatic heterocycles. The Balaban J connectivity index is 1.55. The highest BCUT2D eigenvalue weighted by Gasteiger charge is 2.39. The molecule has 3 aromatic carbocycles. The van der Waals surface area contributed by atoms with Gasteiger partial charge in [-0.05, 0) is 61.4 Å². The van der Waals surface area contributed by atoms with Crippen molar-refractivity contribution in [3.63, 3.8) is 0 Å². The second-order valence-corrected chi connectivity index (χ2v) is 7.83. The zero-order valence-corrected chi connectivity index (χ0v) is 18.2. The number of halogens is 1. The molecule has 1 heterocycles. The summed E-state index contributed by atoms with van der Waals surface area (Å²) in [5.74, 6) is -1.44. The van der Waals surface area contributed by atoms with E-state index in [0.29, 0.717) is 22.6 Å². The minimum absolute atomic E-state index is 0.0313. The van der Waals surface area contributed by atoms with Crippen LogP contribution in [0.1, 0.15) is 21.5 Å². The molecular weight excluding hydrogens is 426 g/mol. The molecule has 0 spiro atoms. The molecule has 0 unspecified atom stereocenters. The van der Waals surface area contributed by atoms with Gasteiger partial charge in [-0.3, -0.25) is 14.4 Å². The quantitative estimate of drug-likeness (QED) is 0.542. The van der Waals surface area contributed by atoms with Crippen LogP contribution in [0.15, 0.2) is 83.5 Å². The van der Waals surface area contributed by atoms with E-state index in [4.69, 9.17) is 11.6 Å². The number of para-hydroxylation sites is 1. The highest BCUT2D eigenvalue weighted by Crippen LogP contribution is 2.32. The van der Waals surface area contributed by atoms with Crippen LogP contribution in [0.4, 0.5) is 17.1 Å². The van der Waals surface area contributed by atoms with E-state index in [1.165, 1.54) is 0 Å². The van der Waals surface area contributed by atoms with E-state index in [9.17, 15) is 14.4 Å². The number of benzene rings is 3. The summed E-state index contributed by atoms with van der Waals surface area (Å²) >= 11 is 6.22. The van der Waals surface area contributed by atoms with Crippen LogP contribution in [0, 0.1) is 13.8 Å². The lowest BCUT2D eigenvalue weighted by Crippen LogP contribution is -2.32. The summed E-state index contributed by atoms with van der Waals surface area (Å²) in [5.41, 5.74) is 3.78. The molecule has 1 aliphatic heterocycles. The number of amides is 3. The van der Waals surface area contributed by atoms with E-state index in [-0.39, 0.29) is 16.6 Å². The van der Waals surface area contributed by atoms with Crippen molar-refractivity contribution >= 4 is 46.4 Å². The van der Waals surface area contributed by atoms with Gasteiger partial charge in [0.1, 0.15) is 10.7 Å². The third-order valence-electron chi connectivity index (χ3n) is 5.05. The number of hydrogen-bond acceptors (Lipinski definition) is 4. The Hall–Kier alpha value is -3.90. The van der Waals surface area contributed by atoms with Gasteiger partial charge in [-0.1, -0.05) is 48.0 Å². The highest BCUT2D eigenvalue weighted by atomic mass is 35.5. The maximum atomic E-state index is 13.0. The van der Waals surface area contributed by atoms with Crippen LogP contribution in [0.2, 0.25) is 0 Å². The molecule has 160 valence electrons. The summed E-state index contributed by atoms with van der Waals surface area (Å²) in [6.45, 7) is 3.75. The lowest BCUT2D eigenvalue weighted by Gasteiger charge is -2.17. The van der Waals surface area contributed by atoms with Gasteiger partial charge in [0.2, 0.25) is 0 Å². The van der Waals surface area contributed by atoms with Crippen LogP contribution in [0.3, 0.4) is 0 Å². The van der Waals surface area contributed by atoms with Crippen molar-refractivity contribution in [2.45, 2.75) is 13.8 Å². The third kappa shape index (κ3) is 4.13. The molecule has 32 heavy (non-hydrogen) atoms. The largest absolute Gasteiger partial charge is 0.350 e. The first-order valence-electron chi connectivity index (χ1n) is 9.94. The maximum Gasteiger partial charge on any atom is 0.283 e. The summed E-state index contributed by atoms with van der Waals surface area (Å²) < 4.78 is 0. The van der Waals surface area contributed by atoms with Gasteiger partial charge in [-0.2, -0.15) is 0 Å². The van der Waals surface area contributed by atoms with E-state index in [1.807, 2.05) is 44.2 Å². The predicted molar refractivity (Wildman–Crippen MR) is 126 cm³/mol. The third-order valence-corrected chi connectivity index (χ3v) is 5.40. The minimum atomic E-state index is -0.596. The first-order chi connectivity index (χ1) is 15.3. The number of imide groups is 1. The standard InChI is InChI=1S/C25H20ClN3O3/c1-15-7-5-10-18(13-15)28-23(30)17-9-6-11-19(14-17)27-22-21(26)24(31)29(25(22)32)20-12-4-3-8-16(20)2/h3-14,27H,1-2H3,(H,28,30). The average Bonchev–Trinajstić information content (AvgIpc) is 2.98. The minimum Gasteiger partial charge on any atom is -0.350 e. The molecule has 0 atom stereocenters. The van der Waals surface area contributed by atoms with Crippen molar-refractivity contribution in [2.24, 2.45) is 0 Å². The molecule has 0 aliphatic carbocycles. The summed E-state index contributed by atoms with van der Waals surface area (Å²) in [6.07, 6.45) is 0. The predicted octanol–water partition coefficient (Wildman–Crippen LogP) is 4.99. The van der Waals surface area contributed by atoms with Gasteiger partial charge in [0.25, 0.3) is 17.7 Å². The second kappa shape index (κ2) is 8.69. The smallest absolute Gasteiger partial charge is 0.283 e. The van der Waals surface area contributed by atoms with Crippen molar-refractivity contribution in [3.05, 3.63) is 100 Å². The average molecular weight is 446 g/mol. The Morgan fingerprint density at radius 2 is 1.56 bits per heavy atom. The number of aryl methyl sites for hydroxylation is 2. The number of nitrogens with zero attached hydrogens (tertiary/aromatic N) is 1. The number of nitrogens with one attached hydrogen (secondary N) is 2. The fourth-order valence-electron chi connectivity index (χ4n) is 3.45. The van der Waals surface area contributed by atoms with E-state index in [1.54, 1.807) is 42.5 Å². The van der Waals surface area contributed by atoms with Gasteiger partial charge in [-0.25, -0.2) is 4.90 Å². The van der Waals surface area contributed by atoms with Crippen LogP contribution < -0.4 is 15.5 Å². The Morgan fingerprint density at radius 1 is 0.844 bits per heavy atom. The molecule has 0 radical (unpaired) electrons. The highest BCUT2D eigenvalue weighted by molar-refractivity contribution is 6.53. The molecule has 0 bridgehead atoms. The fourth-order valence-corrected chi connectivity index (χ4v) is 3.67. The van der Waals surface area contributed by atoms with E-state index in [0.717, 1.165) is 16.0 Å². The number of carbonyl (C=O) groups is 3. The van der Waals surface area contributed by atoms with Gasteiger partial charge in [0.15, 0.2) is 0 Å². The van der Waals surface area contributed by atoms with Crippen molar-refractivity contribution < 1.29 is 14.4 Å². The Morgan fingerprint density at radius 3 is 2.31 bits per heavy atom. The zero-order valence-electron chi connectivity index (χ0n) is 17.5. The van der Waals surface area contributed by atoms with E-state index < -0.39 is 11.8 Å². The maximum absolute atomic E-state index is 13.0. The summed E-state index contributed by atoms with van der Waals surface area (Å²) in [7, 11) is 0. The van der Waals surface area contributed by atoms with Gasteiger partial charge in [0.05, 0.1) is 5.69 Å². The number of anilines is 3. The van der Waals surface area contributed by atoms with Gasteiger partial charge < -0.3 is 10.6 Å². The van der Waals surface area contributed by atoms with E-state index >= 15 is 0 Å². The topological polar surface area (TPSA) is 78.5 Å². The molecule has 3 aromatic rings. The van der Waals surface area contributed by atoms with Crippen molar-refractivity contribution in [1.29, 1.82) is 0 Å². The molecule has 3 amide bonds. The Bertz CT molecular complexity index is 1280. The zero-order chi connectivity index (χ0) is 22.8. The van der Waals surface area contributed by atoms with Crippen molar-refractivity contribution in [3.8, 4) is 0 Å². The number of rotatable bonds is 5. The van der Waals surface area contributed by atoms with Crippen LogP contribution in [0.5, 0.6) is 0 Å². The van der Waals surface area contributed by atoms with Gasteiger partial charge >= 0.3 is 0 Å². The summed E-state index contributed by atoms with van der Waals surface area (Å²) in [4.78, 5) is 39.4. The molecule has 0 saturated heterocycles. The Labute approximate surface area is 190 Å². The molecule has 4 rings (SSSR count). The van der Waals surface area contributed by atoms with Crippen LogP contribution in [0.25, 0.3) is 0 Å². The van der Waals surface area contributed by atoms with Crippen LogP contribution in [-0.4, -0.2) is 17.7 Å². The SMILES string of the molecule is Cc1cccc(NC(=O)c2cccc(NC3=C(Cl)C(=O)N(c4ccccc4C)C3=O)c2)c1. The lowest BCUT2D eigenvalue weighted by atomic mass is 10.1. The van der Waals surface area contributed by atoms with Crippen molar-refractivity contribution in [1.82, 2.24) is 0 Å². The van der Waals surface area contributed by atoms with Gasteiger partial charge in [-0.15, -0.1) is 0 Å². The van der Waals surface area contributed by atoms with Crippen molar-refractivity contribution in [2.75, 3.05) is 15.5 Å². The molecular formula is C25H20ClN3O3.